The smallest absolute Gasteiger partial charge is 0.343 e. The molecule has 2 aromatic carbocycles. The minimum Gasteiger partial charge on any atom is -0.358 e. The predicted octanol–water partition coefficient (Wildman–Crippen LogP) is 4.03. The van der Waals surface area contributed by atoms with Crippen molar-refractivity contribution in [1.29, 1.82) is 0 Å². The summed E-state index contributed by atoms with van der Waals surface area (Å²) < 4.78 is 0. The number of carbonyl (C=O) groups is 1. The molecular formula is C21H16ClN7O4. The number of nitrogens with zero attached hydrogens (tertiary/aromatic N) is 3. The first-order valence-electron chi connectivity index (χ1n) is 9.55. The topological polar surface area (TPSA) is 159 Å². The lowest BCUT2D eigenvalue weighted by Crippen LogP contribution is -2.15. The van der Waals surface area contributed by atoms with E-state index in [0.717, 1.165) is 6.07 Å². The van der Waals surface area contributed by atoms with Crippen LogP contribution in [0.4, 0.5) is 23.1 Å². The van der Waals surface area contributed by atoms with Gasteiger partial charge in [-0.15, -0.1) is 5.10 Å². The zero-order chi connectivity index (χ0) is 23.5. The standard InChI is InChI=1S/C21H16ClN7O4/c1-11-18(25-21(26-19(11)30)24-15-8-4-13(22)5-9-15)12-2-6-14(7-3-12)23-20(31)16-10-17(28-27-16)29(32)33/h2-10H,1H3,(H,23,31)(H,27,28)(H2,24,25,26,30). The molecule has 0 aliphatic heterocycles. The highest BCUT2D eigenvalue weighted by Gasteiger charge is 2.17. The van der Waals surface area contributed by atoms with Gasteiger partial charge in [-0.1, -0.05) is 28.8 Å². The van der Waals surface area contributed by atoms with Crippen molar-refractivity contribution >= 4 is 40.6 Å². The molecule has 0 saturated carbocycles. The maximum Gasteiger partial charge on any atom is 0.343 e. The van der Waals surface area contributed by atoms with Crippen molar-refractivity contribution in [2.24, 2.45) is 0 Å². The number of hydrogen-bond acceptors (Lipinski definition) is 7. The Kier molecular flexibility index (Phi) is 5.87. The third-order valence-electron chi connectivity index (χ3n) is 4.67. The Labute approximate surface area is 191 Å². The molecule has 0 atom stereocenters. The Morgan fingerprint density at radius 2 is 1.76 bits per heavy atom. The molecule has 0 bridgehead atoms. The highest BCUT2D eigenvalue weighted by molar-refractivity contribution is 6.30. The first-order valence-corrected chi connectivity index (χ1v) is 9.93. The average Bonchev–Trinajstić information content (AvgIpc) is 3.29. The van der Waals surface area contributed by atoms with Crippen LogP contribution in [0.5, 0.6) is 0 Å². The molecule has 11 nitrogen and oxygen atoms in total. The van der Waals surface area contributed by atoms with Crippen LogP contribution >= 0.6 is 11.6 Å². The lowest BCUT2D eigenvalue weighted by molar-refractivity contribution is -0.389. The second kappa shape index (κ2) is 8.93. The van der Waals surface area contributed by atoms with Crippen LogP contribution in [0.3, 0.4) is 0 Å². The molecule has 2 heterocycles. The Bertz CT molecular complexity index is 1400. The van der Waals surface area contributed by atoms with E-state index in [-0.39, 0.29) is 23.0 Å². The molecule has 0 aliphatic carbocycles. The number of benzene rings is 2. The van der Waals surface area contributed by atoms with Gasteiger partial charge in [0.1, 0.15) is 0 Å². The Hall–Kier alpha value is -4.51. The van der Waals surface area contributed by atoms with Gasteiger partial charge in [-0.2, -0.15) is 0 Å². The van der Waals surface area contributed by atoms with Crippen LogP contribution in [0.1, 0.15) is 16.1 Å². The monoisotopic (exact) mass is 465 g/mol. The van der Waals surface area contributed by atoms with E-state index in [4.69, 9.17) is 11.6 Å². The van der Waals surface area contributed by atoms with Gasteiger partial charge in [-0.25, -0.2) is 4.98 Å². The van der Waals surface area contributed by atoms with Crippen LogP contribution in [0, 0.1) is 17.0 Å². The van der Waals surface area contributed by atoms with Gasteiger partial charge >= 0.3 is 5.82 Å². The SMILES string of the molecule is Cc1c(-c2ccc(NC(=O)c3cc([N+](=O)[O-])[nH]n3)cc2)nc(Nc2ccc(Cl)cc2)[nH]c1=O. The van der Waals surface area contributed by atoms with Gasteiger partial charge in [0.05, 0.1) is 11.8 Å². The van der Waals surface area contributed by atoms with Crippen molar-refractivity contribution in [3.8, 4) is 11.3 Å². The summed E-state index contributed by atoms with van der Waals surface area (Å²) in [7, 11) is 0. The van der Waals surface area contributed by atoms with Crippen LogP contribution in [0.15, 0.2) is 59.4 Å². The fourth-order valence-corrected chi connectivity index (χ4v) is 3.10. The summed E-state index contributed by atoms with van der Waals surface area (Å²) in [6.07, 6.45) is 0. The van der Waals surface area contributed by atoms with Crippen molar-refractivity contribution in [3.63, 3.8) is 0 Å². The number of hydrogen-bond donors (Lipinski definition) is 4. The van der Waals surface area contributed by atoms with E-state index in [1.807, 2.05) is 0 Å². The van der Waals surface area contributed by atoms with E-state index in [9.17, 15) is 19.7 Å². The number of carbonyl (C=O) groups excluding carboxylic acids is 1. The lowest BCUT2D eigenvalue weighted by Gasteiger charge is -2.10. The molecule has 4 aromatic rings. The molecule has 0 radical (unpaired) electrons. The van der Waals surface area contributed by atoms with E-state index in [2.05, 4.69) is 30.8 Å². The quantitative estimate of drug-likeness (QED) is 0.247. The summed E-state index contributed by atoms with van der Waals surface area (Å²) in [4.78, 5) is 41.9. The van der Waals surface area contributed by atoms with E-state index in [1.54, 1.807) is 55.5 Å². The number of anilines is 3. The molecule has 4 N–H and O–H groups in total. The summed E-state index contributed by atoms with van der Waals surface area (Å²) in [6, 6.07) is 14.6. The predicted molar refractivity (Wildman–Crippen MR) is 123 cm³/mol. The van der Waals surface area contributed by atoms with Gasteiger partial charge < -0.3 is 20.7 Å². The molecule has 0 saturated heterocycles. The molecular weight excluding hydrogens is 450 g/mol. The van der Waals surface area contributed by atoms with Crippen LogP contribution in [-0.4, -0.2) is 31.0 Å². The molecule has 0 spiro atoms. The number of nitro groups is 1. The Morgan fingerprint density at radius 3 is 2.39 bits per heavy atom. The summed E-state index contributed by atoms with van der Waals surface area (Å²) in [6.45, 7) is 1.66. The van der Waals surface area contributed by atoms with E-state index in [0.29, 0.717) is 33.2 Å². The molecule has 12 heteroatoms. The van der Waals surface area contributed by atoms with Gasteiger partial charge in [0.15, 0.2) is 5.69 Å². The van der Waals surface area contributed by atoms with Crippen LogP contribution in [0.25, 0.3) is 11.3 Å². The number of aromatic nitrogens is 4. The maximum atomic E-state index is 12.4. The Morgan fingerprint density at radius 1 is 1.09 bits per heavy atom. The van der Waals surface area contributed by atoms with Crippen molar-refractivity contribution in [3.05, 3.63) is 91.3 Å². The minimum atomic E-state index is -0.675. The summed E-state index contributed by atoms with van der Waals surface area (Å²) in [5.74, 6) is -0.721. The highest BCUT2D eigenvalue weighted by atomic mass is 35.5. The maximum absolute atomic E-state index is 12.4. The third kappa shape index (κ3) is 4.88. The number of halogens is 1. The Balaban J connectivity index is 1.54. The molecule has 2 aromatic heterocycles. The van der Waals surface area contributed by atoms with Crippen molar-refractivity contribution in [1.82, 2.24) is 20.2 Å². The van der Waals surface area contributed by atoms with Crippen molar-refractivity contribution in [2.75, 3.05) is 10.6 Å². The summed E-state index contributed by atoms with van der Waals surface area (Å²) in [5, 5.41) is 22.8. The molecule has 1 amide bonds. The molecule has 33 heavy (non-hydrogen) atoms. The number of H-pyrrole nitrogens is 2. The zero-order valence-electron chi connectivity index (χ0n) is 17.0. The molecule has 166 valence electrons. The van der Waals surface area contributed by atoms with Gasteiger partial charge in [-0.3, -0.25) is 14.6 Å². The van der Waals surface area contributed by atoms with Gasteiger partial charge in [0.2, 0.25) is 5.95 Å². The van der Waals surface area contributed by atoms with Crippen LogP contribution in [0.2, 0.25) is 5.02 Å². The number of nitrogens with one attached hydrogen (secondary N) is 4. The fourth-order valence-electron chi connectivity index (χ4n) is 2.97. The van der Waals surface area contributed by atoms with Gasteiger partial charge in [-0.05, 0) is 48.2 Å². The van der Waals surface area contributed by atoms with E-state index < -0.39 is 10.8 Å². The van der Waals surface area contributed by atoms with Crippen LogP contribution < -0.4 is 16.2 Å². The summed E-state index contributed by atoms with van der Waals surface area (Å²) in [5.41, 5.74) is 2.29. The fraction of sp³-hybridized carbons (Fsp3) is 0.0476. The van der Waals surface area contributed by atoms with E-state index >= 15 is 0 Å². The van der Waals surface area contributed by atoms with Crippen molar-refractivity contribution in [2.45, 2.75) is 6.92 Å². The number of amides is 1. The largest absolute Gasteiger partial charge is 0.358 e. The van der Waals surface area contributed by atoms with Crippen LogP contribution in [-0.2, 0) is 0 Å². The second-order valence-electron chi connectivity index (χ2n) is 6.95. The first-order chi connectivity index (χ1) is 15.8. The zero-order valence-corrected chi connectivity index (χ0v) is 17.8. The van der Waals surface area contributed by atoms with Gasteiger partial charge in [0, 0.05) is 27.5 Å². The van der Waals surface area contributed by atoms with Crippen molar-refractivity contribution < 1.29 is 9.72 Å². The second-order valence-corrected chi connectivity index (χ2v) is 7.38. The average molecular weight is 466 g/mol. The molecule has 4 rings (SSSR count). The van der Waals surface area contributed by atoms with E-state index in [1.165, 1.54) is 0 Å². The lowest BCUT2D eigenvalue weighted by atomic mass is 10.1. The molecule has 0 aliphatic rings. The first kappa shape index (κ1) is 21.7. The normalized spacial score (nSPS) is 10.6. The summed E-state index contributed by atoms with van der Waals surface area (Å²) >= 11 is 5.90. The number of aromatic amines is 2. The third-order valence-corrected chi connectivity index (χ3v) is 4.92. The highest BCUT2D eigenvalue weighted by Crippen LogP contribution is 2.24. The molecule has 0 unspecified atom stereocenters. The minimum absolute atomic E-state index is 0.115. The molecule has 0 fully saturated rings. The number of rotatable bonds is 6. The van der Waals surface area contributed by atoms with Gasteiger partial charge in [0.25, 0.3) is 11.5 Å².